The van der Waals surface area contributed by atoms with E-state index in [1.807, 2.05) is 6.07 Å². The summed E-state index contributed by atoms with van der Waals surface area (Å²) in [5.41, 5.74) is 6.59. The molecule has 1 aliphatic heterocycles. The van der Waals surface area contributed by atoms with E-state index in [1.54, 1.807) is 12.1 Å². The lowest BCUT2D eigenvalue weighted by atomic mass is 10.0. The topological polar surface area (TPSA) is 38.5 Å². The van der Waals surface area contributed by atoms with Gasteiger partial charge in [-0.2, -0.15) is 0 Å². The molecule has 0 spiro atoms. The largest absolute Gasteiger partial charge is 0.373 e. The highest BCUT2D eigenvalue weighted by Gasteiger charge is 2.27. The van der Waals surface area contributed by atoms with Crippen LogP contribution >= 0.6 is 0 Å². The molecule has 4 heteroatoms. The Morgan fingerprint density at radius 2 is 2.16 bits per heavy atom. The molecule has 106 valence electrons. The van der Waals surface area contributed by atoms with Crippen LogP contribution in [0.15, 0.2) is 24.3 Å². The van der Waals surface area contributed by atoms with E-state index in [2.05, 4.69) is 18.7 Å². The molecule has 0 aromatic heterocycles. The minimum atomic E-state index is -0.243. The molecule has 1 fully saturated rings. The van der Waals surface area contributed by atoms with Gasteiger partial charge in [-0.05, 0) is 26.3 Å². The molecule has 0 bridgehead atoms. The minimum absolute atomic E-state index is 0.0969. The SMILES string of the molecule is CC1(C)CN(CCC(N)c2ccccc2F)CCO1. The maximum absolute atomic E-state index is 13.6. The van der Waals surface area contributed by atoms with Crippen LogP contribution in [0, 0.1) is 5.82 Å². The van der Waals surface area contributed by atoms with Crippen molar-refractivity contribution in [2.24, 2.45) is 5.73 Å². The molecule has 1 saturated heterocycles. The minimum Gasteiger partial charge on any atom is -0.373 e. The molecular formula is C15H23FN2O. The molecule has 1 heterocycles. The summed E-state index contributed by atoms with van der Waals surface area (Å²) in [6.07, 6.45) is 0.761. The molecule has 0 aliphatic carbocycles. The van der Waals surface area contributed by atoms with Gasteiger partial charge in [0, 0.05) is 31.2 Å². The molecule has 1 aromatic carbocycles. The van der Waals surface area contributed by atoms with Crippen LogP contribution in [0.5, 0.6) is 0 Å². The van der Waals surface area contributed by atoms with Crippen LogP contribution in [0.3, 0.4) is 0 Å². The van der Waals surface area contributed by atoms with Gasteiger partial charge < -0.3 is 10.5 Å². The molecule has 2 N–H and O–H groups in total. The Morgan fingerprint density at radius 1 is 1.42 bits per heavy atom. The molecule has 1 aliphatic rings. The standard InChI is InChI=1S/C15H23FN2O/c1-15(2)11-18(9-10-19-15)8-7-14(17)12-5-3-4-6-13(12)16/h3-6,14H,7-11,17H2,1-2H3. The van der Waals surface area contributed by atoms with Crippen molar-refractivity contribution in [2.75, 3.05) is 26.2 Å². The summed E-state index contributed by atoms with van der Waals surface area (Å²) in [4.78, 5) is 2.34. The Hall–Kier alpha value is -0.970. The summed E-state index contributed by atoms with van der Waals surface area (Å²) in [6, 6.07) is 6.51. The molecule has 0 amide bonds. The first kappa shape index (κ1) is 14.4. The molecule has 3 nitrogen and oxygen atoms in total. The van der Waals surface area contributed by atoms with Crippen LogP contribution in [0.25, 0.3) is 0 Å². The lowest BCUT2D eigenvalue weighted by molar-refractivity contribution is -0.0863. The van der Waals surface area contributed by atoms with E-state index in [1.165, 1.54) is 6.07 Å². The highest BCUT2D eigenvalue weighted by molar-refractivity contribution is 5.20. The number of halogens is 1. The van der Waals surface area contributed by atoms with Gasteiger partial charge in [0.2, 0.25) is 0 Å². The van der Waals surface area contributed by atoms with Crippen molar-refractivity contribution >= 4 is 0 Å². The third kappa shape index (κ3) is 4.00. The van der Waals surface area contributed by atoms with E-state index >= 15 is 0 Å². The van der Waals surface area contributed by atoms with Crippen molar-refractivity contribution in [1.82, 2.24) is 4.90 Å². The van der Waals surface area contributed by atoms with Crippen LogP contribution < -0.4 is 5.73 Å². The first-order valence-electron chi connectivity index (χ1n) is 6.84. The third-order valence-corrected chi connectivity index (χ3v) is 3.57. The lowest BCUT2D eigenvalue weighted by Crippen LogP contribution is -2.48. The second-order valence-electron chi connectivity index (χ2n) is 5.80. The quantitative estimate of drug-likeness (QED) is 0.909. The zero-order valence-corrected chi connectivity index (χ0v) is 11.7. The van der Waals surface area contributed by atoms with Gasteiger partial charge in [0.25, 0.3) is 0 Å². The van der Waals surface area contributed by atoms with Crippen LogP contribution in [0.2, 0.25) is 0 Å². The molecule has 2 rings (SSSR count). The van der Waals surface area contributed by atoms with Gasteiger partial charge in [0.15, 0.2) is 0 Å². The number of ether oxygens (including phenoxy) is 1. The molecule has 0 radical (unpaired) electrons. The monoisotopic (exact) mass is 266 g/mol. The van der Waals surface area contributed by atoms with Crippen molar-refractivity contribution in [2.45, 2.75) is 31.9 Å². The smallest absolute Gasteiger partial charge is 0.127 e. The zero-order chi connectivity index (χ0) is 13.9. The lowest BCUT2D eigenvalue weighted by Gasteiger charge is -2.38. The van der Waals surface area contributed by atoms with Crippen molar-refractivity contribution < 1.29 is 9.13 Å². The second kappa shape index (κ2) is 5.99. The molecular weight excluding hydrogens is 243 g/mol. The number of hydrogen-bond donors (Lipinski definition) is 1. The summed E-state index contributed by atoms with van der Waals surface area (Å²) in [7, 11) is 0. The number of rotatable bonds is 4. The van der Waals surface area contributed by atoms with E-state index in [4.69, 9.17) is 10.5 Å². The highest BCUT2D eigenvalue weighted by Crippen LogP contribution is 2.20. The van der Waals surface area contributed by atoms with Crippen molar-refractivity contribution in [1.29, 1.82) is 0 Å². The zero-order valence-electron chi connectivity index (χ0n) is 11.7. The number of benzene rings is 1. The molecule has 1 aromatic rings. The fourth-order valence-corrected chi connectivity index (χ4v) is 2.56. The highest BCUT2D eigenvalue weighted by atomic mass is 19.1. The van der Waals surface area contributed by atoms with E-state index < -0.39 is 0 Å². The molecule has 1 atom stereocenters. The van der Waals surface area contributed by atoms with E-state index in [0.717, 1.165) is 32.7 Å². The van der Waals surface area contributed by atoms with Crippen LogP contribution in [-0.4, -0.2) is 36.7 Å². The van der Waals surface area contributed by atoms with Gasteiger partial charge >= 0.3 is 0 Å². The van der Waals surface area contributed by atoms with Gasteiger partial charge in [-0.25, -0.2) is 4.39 Å². The van der Waals surface area contributed by atoms with Gasteiger partial charge in [-0.1, -0.05) is 18.2 Å². The average molecular weight is 266 g/mol. The molecule has 1 unspecified atom stereocenters. The Kier molecular flexibility index (Phi) is 4.55. The van der Waals surface area contributed by atoms with Crippen LogP contribution in [0.1, 0.15) is 31.9 Å². The summed E-state index contributed by atoms with van der Waals surface area (Å²) < 4.78 is 19.3. The van der Waals surface area contributed by atoms with Gasteiger partial charge in [0.05, 0.1) is 12.2 Å². The number of morpholine rings is 1. The fraction of sp³-hybridized carbons (Fsp3) is 0.600. The number of hydrogen-bond acceptors (Lipinski definition) is 3. The van der Waals surface area contributed by atoms with Crippen LogP contribution in [-0.2, 0) is 4.74 Å². The van der Waals surface area contributed by atoms with E-state index in [-0.39, 0.29) is 17.5 Å². The van der Waals surface area contributed by atoms with Gasteiger partial charge in [0.1, 0.15) is 5.82 Å². The maximum Gasteiger partial charge on any atom is 0.127 e. The summed E-state index contributed by atoms with van der Waals surface area (Å²) in [6.45, 7) is 7.64. The first-order valence-corrected chi connectivity index (χ1v) is 6.84. The summed E-state index contributed by atoms with van der Waals surface area (Å²) in [5, 5.41) is 0. The molecule has 0 saturated carbocycles. The normalized spacial score (nSPS) is 21.3. The first-order chi connectivity index (χ1) is 8.98. The van der Waals surface area contributed by atoms with Crippen molar-refractivity contribution in [3.63, 3.8) is 0 Å². The van der Waals surface area contributed by atoms with E-state index in [0.29, 0.717) is 5.56 Å². The Morgan fingerprint density at radius 3 is 2.84 bits per heavy atom. The van der Waals surface area contributed by atoms with E-state index in [9.17, 15) is 4.39 Å². The predicted molar refractivity (Wildman–Crippen MR) is 74.4 cm³/mol. The van der Waals surface area contributed by atoms with Crippen molar-refractivity contribution in [3.8, 4) is 0 Å². The molecule has 19 heavy (non-hydrogen) atoms. The predicted octanol–water partition coefficient (Wildman–Crippen LogP) is 2.33. The van der Waals surface area contributed by atoms with Gasteiger partial charge in [-0.3, -0.25) is 4.90 Å². The number of nitrogens with two attached hydrogens (primary N) is 1. The average Bonchev–Trinajstić information content (AvgIpc) is 2.35. The summed E-state index contributed by atoms with van der Waals surface area (Å²) >= 11 is 0. The Bertz CT molecular complexity index is 422. The third-order valence-electron chi connectivity index (χ3n) is 3.57. The number of nitrogens with zero attached hydrogens (tertiary/aromatic N) is 1. The fourth-order valence-electron chi connectivity index (χ4n) is 2.56. The van der Waals surface area contributed by atoms with Gasteiger partial charge in [-0.15, -0.1) is 0 Å². The van der Waals surface area contributed by atoms with Crippen molar-refractivity contribution in [3.05, 3.63) is 35.6 Å². The Labute approximate surface area is 114 Å². The summed E-state index contributed by atoms with van der Waals surface area (Å²) in [5.74, 6) is -0.211. The maximum atomic E-state index is 13.6. The van der Waals surface area contributed by atoms with Crippen LogP contribution in [0.4, 0.5) is 4.39 Å². The Balaban J connectivity index is 1.87. The second-order valence-corrected chi connectivity index (χ2v) is 5.80.